The summed E-state index contributed by atoms with van der Waals surface area (Å²) in [6.07, 6.45) is 1.79. The number of benzene rings is 1. The molecule has 1 N–H and O–H groups in total. The number of methoxy groups -OCH3 is 1. The van der Waals surface area contributed by atoms with Crippen LogP contribution in [0.25, 0.3) is 6.08 Å². The van der Waals surface area contributed by atoms with Crippen molar-refractivity contribution in [3.05, 3.63) is 32.2 Å². The summed E-state index contributed by atoms with van der Waals surface area (Å²) in [4.78, 5) is 14.4. The summed E-state index contributed by atoms with van der Waals surface area (Å²) in [6, 6.07) is 5.19. The van der Waals surface area contributed by atoms with E-state index < -0.39 is 0 Å². The fourth-order valence-electron chi connectivity index (χ4n) is 1.64. The molecular formula is C13H12INO3S2. The summed E-state index contributed by atoms with van der Waals surface area (Å²) >= 11 is 8.53. The van der Waals surface area contributed by atoms with E-state index in [2.05, 4.69) is 0 Å². The van der Waals surface area contributed by atoms with Crippen molar-refractivity contribution in [3.8, 4) is 5.75 Å². The summed E-state index contributed by atoms with van der Waals surface area (Å²) in [7, 11) is 1.59. The van der Waals surface area contributed by atoms with Crippen LogP contribution in [0.5, 0.6) is 5.75 Å². The fraction of sp³-hybridized carbons (Fsp3) is 0.231. The number of carbonyl (C=O) groups is 1. The van der Waals surface area contributed by atoms with Gasteiger partial charge < -0.3 is 9.84 Å². The molecule has 20 heavy (non-hydrogen) atoms. The maximum atomic E-state index is 12.2. The molecule has 1 aromatic rings. The number of hydrogen-bond acceptors (Lipinski definition) is 5. The molecule has 1 fully saturated rings. The summed E-state index contributed by atoms with van der Waals surface area (Å²) in [6.45, 7) is 0.919. The molecule has 1 aliphatic rings. The molecule has 1 amide bonds. The Bertz CT molecular complexity index is 589. The van der Waals surface area contributed by atoms with E-state index in [0.717, 1.165) is 9.13 Å². The highest BCUT2D eigenvalue weighted by atomic mass is 127. The van der Waals surface area contributed by atoms with Gasteiger partial charge in [0.15, 0.2) is 0 Å². The van der Waals surface area contributed by atoms with Crippen molar-refractivity contribution in [1.82, 2.24) is 4.90 Å². The van der Waals surface area contributed by atoms with Gasteiger partial charge in [0.2, 0.25) is 0 Å². The third-order valence-corrected chi connectivity index (χ3v) is 4.90. The van der Waals surface area contributed by atoms with Gasteiger partial charge in [0.05, 0.1) is 21.6 Å². The molecule has 0 radical (unpaired) electrons. The highest BCUT2D eigenvalue weighted by molar-refractivity contribution is 14.1. The lowest BCUT2D eigenvalue weighted by Gasteiger charge is -2.12. The minimum absolute atomic E-state index is 0.0971. The van der Waals surface area contributed by atoms with E-state index in [-0.39, 0.29) is 11.7 Å². The molecule has 1 heterocycles. The van der Waals surface area contributed by atoms with E-state index >= 15 is 0 Å². The van der Waals surface area contributed by atoms with Gasteiger partial charge in [-0.2, -0.15) is 0 Å². The largest absolute Gasteiger partial charge is 0.507 e. The first-order chi connectivity index (χ1) is 9.52. The lowest BCUT2D eigenvalue weighted by atomic mass is 10.2. The van der Waals surface area contributed by atoms with Crippen LogP contribution >= 0.6 is 46.6 Å². The first-order valence-corrected chi connectivity index (χ1v) is 8.06. The monoisotopic (exact) mass is 421 g/mol. The van der Waals surface area contributed by atoms with E-state index in [1.54, 1.807) is 30.2 Å². The second kappa shape index (κ2) is 6.88. The maximum absolute atomic E-state index is 12.2. The number of thiocarbonyl (C=S) groups is 1. The molecule has 1 saturated heterocycles. The lowest BCUT2D eigenvalue weighted by molar-refractivity contribution is -0.122. The van der Waals surface area contributed by atoms with Gasteiger partial charge in [-0.1, -0.05) is 30.0 Å². The minimum atomic E-state index is -0.0971. The number of halogens is 1. The van der Waals surface area contributed by atoms with Gasteiger partial charge in [0, 0.05) is 7.11 Å². The number of rotatable bonds is 4. The maximum Gasteiger partial charge on any atom is 0.266 e. The van der Waals surface area contributed by atoms with E-state index in [0.29, 0.717) is 22.4 Å². The van der Waals surface area contributed by atoms with Crippen LogP contribution in [0.15, 0.2) is 23.1 Å². The zero-order chi connectivity index (χ0) is 14.7. The van der Waals surface area contributed by atoms with Crippen LogP contribution in [-0.4, -0.2) is 40.5 Å². The van der Waals surface area contributed by atoms with Gasteiger partial charge in [0.25, 0.3) is 5.91 Å². The quantitative estimate of drug-likeness (QED) is 0.461. The van der Waals surface area contributed by atoms with Crippen LogP contribution in [0, 0.1) is 3.57 Å². The number of thioether (sulfide) groups is 1. The molecule has 0 bridgehead atoms. The van der Waals surface area contributed by atoms with Gasteiger partial charge >= 0.3 is 0 Å². The minimum Gasteiger partial charge on any atom is -0.507 e. The molecular weight excluding hydrogens is 409 g/mol. The van der Waals surface area contributed by atoms with Crippen molar-refractivity contribution < 1.29 is 14.6 Å². The van der Waals surface area contributed by atoms with Crippen molar-refractivity contribution in [2.24, 2.45) is 0 Å². The van der Waals surface area contributed by atoms with Crippen molar-refractivity contribution in [2.75, 3.05) is 20.3 Å². The van der Waals surface area contributed by atoms with Gasteiger partial charge in [-0.15, -0.1) is 0 Å². The number of carbonyl (C=O) groups excluding carboxylic acids is 1. The van der Waals surface area contributed by atoms with Crippen molar-refractivity contribution in [3.63, 3.8) is 0 Å². The topological polar surface area (TPSA) is 49.8 Å². The summed E-state index contributed by atoms with van der Waals surface area (Å²) in [5.41, 5.74) is 0.861. The van der Waals surface area contributed by atoms with Crippen LogP contribution in [-0.2, 0) is 9.53 Å². The second-order valence-electron chi connectivity index (χ2n) is 4.04. The third-order valence-electron chi connectivity index (χ3n) is 2.66. The Kier molecular flexibility index (Phi) is 5.42. The Morgan fingerprint density at radius 1 is 1.55 bits per heavy atom. The molecule has 4 nitrogen and oxygen atoms in total. The van der Waals surface area contributed by atoms with Crippen molar-refractivity contribution >= 4 is 62.9 Å². The number of phenolic OH excluding ortho intramolecular Hbond substituents is 1. The molecule has 7 heteroatoms. The standard InChI is InChI=1S/C13H12INO3S2/c1-18-5-4-15-12(17)11(20-13(15)19)7-8-2-3-10(16)9(14)6-8/h2-3,6-7,16H,4-5H2,1H3/b11-7-. The van der Waals surface area contributed by atoms with Gasteiger partial charge in [-0.3, -0.25) is 9.69 Å². The number of hydrogen-bond donors (Lipinski definition) is 1. The average molecular weight is 421 g/mol. The van der Waals surface area contributed by atoms with Crippen LogP contribution in [0.2, 0.25) is 0 Å². The second-order valence-corrected chi connectivity index (χ2v) is 6.87. The molecule has 2 rings (SSSR count). The van der Waals surface area contributed by atoms with Gasteiger partial charge in [0.1, 0.15) is 10.1 Å². The number of nitrogens with zero attached hydrogens (tertiary/aromatic N) is 1. The highest BCUT2D eigenvalue weighted by Gasteiger charge is 2.31. The average Bonchev–Trinajstić information content (AvgIpc) is 2.67. The smallest absolute Gasteiger partial charge is 0.266 e. The molecule has 0 unspecified atom stereocenters. The number of phenols is 1. The summed E-state index contributed by atoms with van der Waals surface area (Å²) < 4.78 is 6.26. The van der Waals surface area contributed by atoms with E-state index in [4.69, 9.17) is 17.0 Å². The Morgan fingerprint density at radius 2 is 2.30 bits per heavy atom. The van der Waals surface area contributed by atoms with Crippen molar-refractivity contribution in [2.45, 2.75) is 0 Å². The molecule has 1 aliphatic heterocycles. The molecule has 1 aromatic carbocycles. The SMILES string of the molecule is COCCN1C(=O)/C(=C/c2ccc(O)c(I)c2)SC1=S. The normalized spacial score (nSPS) is 17.3. The van der Waals surface area contributed by atoms with E-state index in [1.165, 1.54) is 11.8 Å². The highest BCUT2D eigenvalue weighted by Crippen LogP contribution is 2.33. The van der Waals surface area contributed by atoms with Gasteiger partial charge in [-0.05, 0) is 46.4 Å². The fourth-order valence-corrected chi connectivity index (χ4v) is 3.49. The molecule has 0 aromatic heterocycles. The Hall–Kier alpha value is -0.640. The molecule has 0 saturated carbocycles. The van der Waals surface area contributed by atoms with Crippen LogP contribution < -0.4 is 0 Å². The Morgan fingerprint density at radius 3 is 2.95 bits per heavy atom. The Labute approximate surface area is 140 Å². The van der Waals surface area contributed by atoms with E-state index in [1.807, 2.05) is 28.7 Å². The van der Waals surface area contributed by atoms with Crippen molar-refractivity contribution in [1.29, 1.82) is 0 Å². The van der Waals surface area contributed by atoms with Crippen LogP contribution in [0.4, 0.5) is 0 Å². The molecule has 0 spiro atoms. The first-order valence-electron chi connectivity index (χ1n) is 5.75. The predicted molar refractivity (Wildman–Crippen MR) is 92.6 cm³/mol. The third kappa shape index (κ3) is 3.51. The summed E-state index contributed by atoms with van der Waals surface area (Å²) in [5, 5.41) is 9.49. The number of amides is 1. The number of aromatic hydroxyl groups is 1. The molecule has 0 atom stereocenters. The lowest BCUT2D eigenvalue weighted by Crippen LogP contribution is -2.31. The molecule has 106 valence electrons. The van der Waals surface area contributed by atoms with E-state index in [9.17, 15) is 9.90 Å². The summed E-state index contributed by atoms with van der Waals surface area (Å²) in [5.74, 6) is 0.135. The van der Waals surface area contributed by atoms with Crippen LogP contribution in [0.1, 0.15) is 5.56 Å². The Balaban J connectivity index is 2.20. The van der Waals surface area contributed by atoms with Gasteiger partial charge in [-0.25, -0.2) is 0 Å². The molecule has 0 aliphatic carbocycles. The number of ether oxygens (including phenoxy) is 1. The predicted octanol–water partition coefficient (Wildman–Crippen LogP) is 2.84. The zero-order valence-electron chi connectivity index (χ0n) is 10.6. The zero-order valence-corrected chi connectivity index (χ0v) is 14.4. The first kappa shape index (κ1) is 15.7. The van der Waals surface area contributed by atoms with Crippen LogP contribution in [0.3, 0.4) is 0 Å².